The molecular weight excluding hydrogens is 164 g/mol. The molecule has 0 radical (unpaired) electrons. The van der Waals surface area contributed by atoms with Gasteiger partial charge >= 0.3 is 0 Å². The number of hydrogen-bond acceptors (Lipinski definition) is 2. The average Bonchev–Trinajstić information content (AvgIpc) is 2.50. The molecule has 3 nitrogen and oxygen atoms in total. The van der Waals surface area contributed by atoms with Crippen LogP contribution in [0, 0.1) is 11.3 Å². The lowest BCUT2D eigenvalue weighted by Gasteiger charge is -2.41. The minimum absolute atomic E-state index is 0.0764. The molecular formula is C10H18N2O. The van der Waals surface area contributed by atoms with Gasteiger partial charge in [0.25, 0.3) is 0 Å². The average molecular weight is 182 g/mol. The van der Waals surface area contributed by atoms with Crippen LogP contribution in [-0.4, -0.2) is 5.91 Å². The van der Waals surface area contributed by atoms with Crippen LogP contribution in [0.2, 0.25) is 0 Å². The normalized spacial score (nSPS) is 26.8. The number of rotatable bonds is 2. The number of nitrogens with two attached hydrogens (primary N) is 1. The standard InChI is InChI=1S/C10H18N2O/c11-12-9(13)10(6-1-2-7-10)8-4-3-5-8/h8H,1-7,11H2,(H,12,13). The van der Waals surface area contributed by atoms with Crippen molar-refractivity contribution < 1.29 is 4.79 Å². The van der Waals surface area contributed by atoms with Crippen LogP contribution in [0.4, 0.5) is 0 Å². The molecule has 0 aromatic heterocycles. The number of carbonyl (C=O) groups is 1. The summed E-state index contributed by atoms with van der Waals surface area (Å²) < 4.78 is 0. The van der Waals surface area contributed by atoms with Crippen molar-refractivity contribution in [3.8, 4) is 0 Å². The van der Waals surface area contributed by atoms with Crippen molar-refractivity contribution in [1.29, 1.82) is 0 Å². The predicted octanol–water partition coefficient (Wildman–Crippen LogP) is 1.34. The first-order valence-electron chi connectivity index (χ1n) is 5.31. The van der Waals surface area contributed by atoms with Crippen LogP contribution in [-0.2, 0) is 4.79 Å². The molecule has 2 rings (SSSR count). The summed E-state index contributed by atoms with van der Waals surface area (Å²) in [6.45, 7) is 0. The van der Waals surface area contributed by atoms with Crippen LogP contribution in [0.15, 0.2) is 0 Å². The molecule has 0 aliphatic heterocycles. The first kappa shape index (κ1) is 9.00. The molecule has 0 saturated heterocycles. The molecule has 0 aromatic rings. The number of nitrogens with one attached hydrogen (secondary N) is 1. The molecule has 0 atom stereocenters. The van der Waals surface area contributed by atoms with E-state index in [0.29, 0.717) is 5.92 Å². The highest BCUT2D eigenvalue weighted by Crippen LogP contribution is 2.52. The summed E-state index contributed by atoms with van der Waals surface area (Å²) in [5.41, 5.74) is 2.28. The van der Waals surface area contributed by atoms with Gasteiger partial charge in [0.15, 0.2) is 0 Å². The Hall–Kier alpha value is -0.570. The van der Waals surface area contributed by atoms with Gasteiger partial charge in [0.05, 0.1) is 5.41 Å². The highest BCUT2D eigenvalue weighted by molar-refractivity contribution is 5.82. The zero-order chi connectivity index (χ0) is 9.31. The van der Waals surface area contributed by atoms with Gasteiger partial charge in [-0.25, -0.2) is 5.84 Å². The van der Waals surface area contributed by atoms with Crippen LogP contribution in [0.3, 0.4) is 0 Å². The van der Waals surface area contributed by atoms with E-state index in [1.54, 1.807) is 0 Å². The van der Waals surface area contributed by atoms with E-state index in [4.69, 9.17) is 5.84 Å². The van der Waals surface area contributed by atoms with Crippen LogP contribution in [0.5, 0.6) is 0 Å². The first-order valence-corrected chi connectivity index (χ1v) is 5.31. The second kappa shape index (κ2) is 3.29. The molecule has 2 saturated carbocycles. The Labute approximate surface area is 79.0 Å². The van der Waals surface area contributed by atoms with E-state index in [2.05, 4.69) is 5.43 Å². The lowest BCUT2D eigenvalue weighted by molar-refractivity contribution is -0.136. The van der Waals surface area contributed by atoms with Crippen molar-refractivity contribution in [3.63, 3.8) is 0 Å². The van der Waals surface area contributed by atoms with Crippen LogP contribution in [0.1, 0.15) is 44.9 Å². The van der Waals surface area contributed by atoms with Crippen molar-refractivity contribution >= 4 is 5.91 Å². The van der Waals surface area contributed by atoms with Crippen LogP contribution >= 0.6 is 0 Å². The number of hydrogen-bond donors (Lipinski definition) is 2. The molecule has 3 N–H and O–H groups in total. The third-order valence-corrected chi connectivity index (χ3v) is 3.97. The molecule has 13 heavy (non-hydrogen) atoms. The van der Waals surface area contributed by atoms with E-state index >= 15 is 0 Å². The van der Waals surface area contributed by atoms with Gasteiger partial charge in [0, 0.05) is 0 Å². The SMILES string of the molecule is NNC(=O)C1(C2CCC2)CCCC1. The first-order chi connectivity index (χ1) is 6.29. The Morgan fingerprint density at radius 3 is 2.23 bits per heavy atom. The molecule has 0 aromatic carbocycles. The summed E-state index contributed by atoms with van der Waals surface area (Å²) in [5.74, 6) is 5.97. The number of carbonyl (C=O) groups excluding carboxylic acids is 1. The minimum Gasteiger partial charge on any atom is -0.294 e. The van der Waals surface area contributed by atoms with E-state index in [9.17, 15) is 4.79 Å². The smallest absolute Gasteiger partial charge is 0.240 e. The van der Waals surface area contributed by atoms with Crippen molar-refractivity contribution in [2.75, 3.05) is 0 Å². The summed E-state index contributed by atoms with van der Waals surface area (Å²) in [7, 11) is 0. The Morgan fingerprint density at radius 2 is 1.85 bits per heavy atom. The zero-order valence-electron chi connectivity index (χ0n) is 8.01. The zero-order valence-corrected chi connectivity index (χ0v) is 8.01. The second-order valence-electron chi connectivity index (χ2n) is 4.46. The van der Waals surface area contributed by atoms with Gasteiger partial charge in [-0.3, -0.25) is 10.2 Å². The molecule has 0 unspecified atom stereocenters. The number of hydrazine groups is 1. The summed E-state index contributed by atoms with van der Waals surface area (Å²) in [5, 5.41) is 0. The van der Waals surface area contributed by atoms with Gasteiger partial charge in [0.2, 0.25) is 5.91 Å². The minimum atomic E-state index is -0.0764. The lowest BCUT2D eigenvalue weighted by atomic mass is 9.64. The maximum absolute atomic E-state index is 11.7. The highest BCUT2D eigenvalue weighted by Gasteiger charge is 2.48. The maximum atomic E-state index is 11.7. The second-order valence-corrected chi connectivity index (χ2v) is 4.46. The van der Waals surface area contributed by atoms with Gasteiger partial charge in [-0.2, -0.15) is 0 Å². The van der Waals surface area contributed by atoms with Gasteiger partial charge in [-0.1, -0.05) is 19.3 Å². The third kappa shape index (κ3) is 1.26. The largest absolute Gasteiger partial charge is 0.294 e. The van der Waals surface area contributed by atoms with Crippen LogP contribution in [0.25, 0.3) is 0 Å². The van der Waals surface area contributed by atoms with Gasteiger partial charge in [-0.15, -0.1) is 0 Å². The quantitative estimate of drug-likeness (QED) is 0.384. The molecule has 2 aliphatic carbocycles. The fourth-order valence-electron chi connectivity index (χ4n) is 2.93. The van der Waals surface area contributed by atoms with Gasteiger partial charge in [0.1, 0.15) is 0 Å². The molecule has 3 heteroatoms. The van der Waals surface area contributed by atoms with E-state index in [-0.39, 0.29) is 11.3 Å². The monoisotopic (exact) mass is 182 g/mol. The van der Waals surface area contributed by atoms with E-state index in [1.807, 2.05) is 0 Å². The Bertz CT molecular complexity index is 205. The van der Waals surface area contributed by atoms with Crippen molar-refractivity contribution in [1.82, 2.24) is 5.43 Å². The highest BCUT2D eigenvalue weighted by atomic mass is 16.2. The fourth-order valence-corrected chi connectivity index (χ4v) is 2.93. The summed E-state index contributed by atoms with van der Waals surface area (Å²) >= 11 is 0. The predicted molar refractivity (Wildman–Crippen MR) is 50.6 cm³/mol. The Balaban J connectivity index is 2.13. The molecule has 0 bridgehead atoms. The molecule has 74 valence electrons. The third-order valence-electron chi connectivity index (χ3n) is 3.97. The van der Waals surface area contributed by atoms with E-state index < -0.39 is 0 Å². The molecule has 0 spiro atoms. The van der Waals surface area contributed by atoms with E-state index in [1.165, 1.54) is 32.1 Å². The molecule has 2 fully saturated rings. The van der Waals surface area contributed by atoms with E-state index in [0.717, 1.165) is 12.8 Å². The van der Waals surface area contributed by atoms with Crippen molar-refractivity contribution in [2.24, 2.45) is 17.2 Å². The fraction of sp³-hybridized carbons (Fsp3) is 0.900. The topological polar surface area (TPSA) is 55.1 Å². The van der Waals surface area contributed by atoms with Gasteiger partial charge < -0.3 is 0 Å². The molecule has 1 amide bonds. The van der Waals surface area contributed by atoms with Gasteiger partial charge in [-0.05, 0) is 31.6 Å². The summed E-state index contributed by atoms with van der Waals surface area (Å²) in [6, 6.07) is 0. The Morgan fingerprint density at radius 1 is 1.23 bits per heavy atom. The molecule has 2 aliphatic rings. The van der Waals surface area contributed by atoms with Crippen molar-refractivity contribution in [3.05, 3.63) is 0 Å². The van der Waals surface area contributed by atoms with Crippen molar-refractivity contribution in [2.45, 2.75) is 44.9 Å². The lowest BCUT2D eigenvalue weighted by Crippen LogP contribution is -2.48. The molecule has 0 heterocycles. The Kier molecular flexibility index (Phi) is 2.28. The summed E-state index contributed by atoms with van der Waals surface area (Å²) in [6.07, 6.45) is 8.26. The number of amides is 1. The van der Waals surface area contributed by atoms with Crippen LogP contribution < -0.4 is 11.3 Å². The maximum Gasteiger partial charge on any atom is 0.240 e. The summed E-state index contributed by atoms with van der Waals surface area (Å²) in [4.78, 5) is 11.7.